The van der Waals surface area contributed by atoms with Crippen LogP contribution in [0.1, 0.15) is 24.5 Å². The molecule has 2 aromatic rings. The fourth-order valence-corrected chi connectivity index (χ4v) is 3.81. The number of benzene rings is 2. The molecule has 0 aliphatic carbocycles. The molecule has 0 unspecified atom stereocenters. The van der Waals surface area contributed by atoms with Crippen molar-refractivity contribution in [1.29, 1.82) is 5.26 Å². The van der Waals surface area contributed by atoms with Gasteiger partial charge in [-0.05, 0) is 48.4 Å². The van der Waals surface area contributed by atoms with Crippen LogP contribution in [0.3, 0.4) is 0 Å². The van der Waals surface area contributed by atoms with Crippen molar-refractivity contribution in [3.8, 4) is 6.07 Å². The summed E-state index contributed by atoms with van der Waals surface area (Å²) in [6.45, 7) is 4.90. The van der Waals surface area contributed by atoms with Crippen molar-refractivity contribution >= 4 is 40.5 Å². The lowest BCUT2D eigenvalue weighted by Gasteiger charge is -2.40. The van der Waals surface area contributed by atoms with E-state index in [-0.39, 0.29) is 6.04 Å². The van der Waals surface area contributed by atoms with Gasteiger partial charge in [-0.25, -0.2) is 0 Å². The summed E-state index contributed by atoms with van der Waals surface area (Å²) in [5.41, 5.74) is 2.35. The zero-order valence-electron chi connectivity index (χ0n) is 15.0. The van der Waals surface area contributed by atoms with Gasteiger partial charge in [-0.3, -0.25) is 4.84 Å². The van der Waals surface area contributed by atoms with E-state index < -0.39 is 0 Å². The molecule has 0 spiro atoms. The Bertz CT molecular complexity index is 853. The van der Waals surface area contributed by atoms with Crippen molar-refractivity contribution in [2.75, 3.05) is 24.6 Å². The maximum atomic E-state index is 9.16. The summed E-state index contributed by atoms with van der Waals surface area (Å²) >= 11 is 18.9. The Morgan fingerprint density at radius 2 is 2.00 bits per heavy atom. The van der Waals surface area contributed by atoms with Gasteiger partial charge in [-0.15, -0.1) is 0 Å². The van der Waals surface area contributed by atoms with Crippen molar-refractivity contribution in [2.24, 2.45) is 0 Å². The molecular formula is C20H20Cl3N3O. The second kappa shape index (κ2) is 9.14. The van der Waals surface area contributed by atoms with E-state index in [1.165, 1.54) is 0 Å². The van der Waals surface area contributed by atoms with Crippen LogP contribution in [0.2, 0.25) is 15.1 Å². The van der Waals surface area contributed by atoms with E-state index in [2.05, 4.69) is 17.9 Å². The molecule has 27 heavy (non-hydrogen) atoms. The number of rotatable bonds is 5. The fourth-order valence-electron chi connectivity index (χ4n) is 3.22. The Hall–Kier alpha value is -1.48. The number of nitrogens with zero attached hydrogens (tertiary/aromatic N) is 3. The van der Waals surface area contributed by atoms with Gasteiger partial charge in [0.1, 0.15) is 6.07 Å². The number of hydrogen-bond acceptors (Lipinski definition) is 4. The Kier molecular flexibility index (Phi) is 6.86. The third-order valence-corrected chi connectivity index (χ3v) is 5.60. The lowest BCUT2D eigenvalue weighted by atomic mass is 10.1. The molecule has 2 aromatic carbocycles. The smallest absolute Gasteiger partial charge is 0.101 e. The second-order valence-electron chi connectivity index (χ2n) is 6.40. The molecule has 1 fully saturated rings. The summed E-state index contributed by atoms with van der Waals surface area (Å²) in [6.07, 6.45) is 0.881. The third kappa shape index (κ3) is 4.87. The van der Waals surface area contributed by atoms with E-state index in [0.29, 0.717) is 33.8 Å². The molecule has 1 saturated heterocycles. The van der Waals surface area contributed by atoms with E-state index in [9.17, 15) is 0 Å². The molecule has 0 amide bonds. The Morgan fingerprint density at radius 3 is 2.70 bits per heavy atom. The largest absolute Gasteiger partial charge is 0.363 e. The highest BCUT2D eigenvalue weighted by atomic mass is 35.5. The lowest BCUT2D eigenvalue weighted by molar-refractivity contribution is -0.182. The predicted octanol–water partition coefficient (Wildman–Crippen LogP) is 5.55. The second-order valence-corrected chi connectivity index (χ2v) is 7.65. The minimum absolute atomic E-state index is 0.220. The Morgan fingerprint density at radius 1 is 1.19 bits per heavy atom. The first kappa shape index (κ1) is 20.3. The molecule has 1 atom stereocenters. The van der Waals surface area contributed by atoms with Gasteiger partial charge in [-0.1, -0.05) is 41.7 Å². The molecule has 0 saturated carbocycles. The number of likely N-dealkylation sites (N-methyl/N-ethyl adjacent to an activating group) is 1. The normalized spacial score (nSPS) is 17.5. The third-order valence-electron chi connectivity index (χ3n) is 4.69. The van der Waals surface area contributed by atoms with Crippen molar-refractivity contribution < 1.29 is 4.84 Å². The summed E-state index contributed by atoms with van der Waals surface area (Å²) in [5, 5.41) is 12.9. The van der Waals surface area contributed by atoms with Crippen LogP contribution in [0, 0.1) is 11.3 Å². The highest BCUT2D eigenvalue weighted by Gasteiger charge is 2.27. The number of hydroxylamine groups is 2. The van der Waals surface area contributed by atoms with E-state index >= 15 is 0 Å². The molecular weight excluding hydrogens is 405 g/mol. The number of anilines is 1. The maximum Gasteiger partial charge on any atom is 0.101 e. The van der Waals surface area contributed by atoms with Crippen molar-refractivity contribution in [2.45, 2.75) is 25.9 Å². The average molecular weight is 425 g/mol. The first-order valence-corrected chi connectivity index (χ1v) is 9.93. The van der Waals surface area contributed by atoms with Gasteiger partial charge >= 0.3 is 0 Å². The number of nitriles is 1. The molecule has 0 radical (unpaired) electrons. The molecule has 1 aliphatic rings. The lowest BCUT2D eigenvalue weighted by Crippen LogP contribution is -2.48. The quantitative estimate of drug-likeness (QED) is 0.631. The van der Waals surface area contributed by atoms with Gasteiger partial charge in [0.25, 0.3) is 0 Å². The molecule has 0 bridgehead atoms. The van der Waals surface area contributed by atoms with Gasteiger partial charge in [0.2, 0.25) is 0 Å². The maximum absolute atomic E-state index is 9.16. The van der Waals surface area contributed by atoms with Gasteiger partial charge in [0.15, 0.2) is 0 Å². The highest BCUT2D eigenvalue weighted by Crippen LogP contribution is 2.31. The Labute approximate surface area is 174 Å². The van der Waals surface area contributed by atoms with Crippen LogP contribution < -0.4 is 4.90 Å². The van der Waals surface area contributed by atoms with Crippen molar-refractivity contribution in [1.82, 2.24) is 5.06 Å². The van der Waals surface area contributed by atoms with Crippen LogP contribution >= 0.6 is 34.8 Å². The van der Waals surface area contributed by atoms with E-state index in [0.717, 1.165) is 30.8 Å². The van der Waals surface area contributed by atoms with Crippen molar-refractivity contribution in [3.63, 3.8) is 0 Å². The summed E-state index contributed by atoms with van der Waals surface area (Å²) in [4.78, 5) is 7.95. The minimum atomic E-state index is 0.220. The SMILES string of the molecule is CCN1C[C@@H](N(Cc2cc(Cl)ccc2Cl)c2ccc(C#N)c(Cl)c2)CCO1. The minimum Gasteiger partial charge on any atom is -0.363 e. The van der Waals surface area contributed by atoms with Gasteiger partial charge in [0.05, 0.1) is 17.2 Å². The topological polar surface area (TPSA) is 39.5 Å². The van der Waals surface area contributed by atoms with Crippen LogP contribution in [0.5, 0.6) is 0 Å². The zero-order chi connectivity index (χ0) is 19.4. The van der Waals surface area contributed by atoms with Crippen LogP contribution in [-0.4, -0.2) is 30.8 Å². The van der Waals surface area contributed by atoms with Crippen LogP contribution in [0.25, 0.3) is 0 Å². The molecule has 4 nitrogen and oxygen atoms in total. The van der Waals surface area contributed by atoms with Crippen LogP contribution in [0.4, 0.5) is 5.69 Å². The summed E-state index contributed by atoms with van der Waals surface area (Å²) in [6, 6.07) is 13.3. The fraction of sp³-hybridized carbons (Fsp3) is 0.350. The first-order valence-electron chi connectivity index (χ1n) is 8.80. The molecule has 1 heterocycles. The average Bonchev–Trinajstić information content (AvgIpc) is 2.68. The van der Waals surface area contributed by atoms with Crippen molar-refractivity contribution in [3.05, 3.63) is 62.6 Å². The number of halogens is 3. The summed E-state index contributed by atoms with van der Waals surface area (Å²) in [7, 11) is 0. The highest BCUT2D eigenvalue weighted by molar-refractivity contribution is 6.33. The van der Waals surface area contributed by atoms with Gasteiger partial charge < -0.3 is 4.90 Å². The summed E-state index contributed by atoms with van der Waals surface area (Å²) < 4.78 is 0. The first-order chi connectivity index (χ1) is 13.0. The van der Waals surface area contributed by atoms with E-state index in [1.807, 2.05) is 29.3 Å². The molecule has 1 aliphatic heterocycles. The van der Waals surface area contributed by atoms with Gasteiger partial charge in [0, 0.05) is 41.4 Å². The van der Waals surface area contributed by atoms with Gasteiger partial charge in [-0.2, -0.15) is 10.3 Å². The molecule has 7 heteroatoms. The molecule has 3 rings (SSSR count). The monoisotopic (exact) mass is 423 g/mol. The molecule has 142 valence electrons. The standard InChI is InChI=1S/C20H20Cl3N3O/c1-2-25-13-18(7-8-27-25)26(12-15-9-16(21)4-6-19(15)22)17-5-3-14(11-24)20(23)10-17/h3-6,9-10,18H,2,7-8,12-13H2,1H3/t18-/m0/s1. The van der Waals surface area contributed by atoms with Crippen LogP contribution in [-0.2, 0) is 11.4 Å². The predicted molar refractivity (Wildman–Crippen MR) is 110 cm³/mol. The van der Waals surface area contributed by atoms with E-state index in [1.54, 1.807) is 12.1 Å². The Balaban J connectivity index is 1.97. The zero-order valence-corrected chi connectivity index (χ0v) is 17.2. The van der Waals surface area contributed by atoms with E-state index in [4.69, 9.17) is 44.9 Å². The summed E-state index contributed by atoms with van der Waals surface area (Å²) in [5.74, 6) is 0. The number of hydrogen-bond donors (Lipinski definition) is 0. The molecule has 0 N–H and O–H groups in total. The van der Waals surface area contributed by atoms with Crippen LogP contribution in [0.15, 0.2) is 36.4 Å². The molecule has 0 aromatic heterocycles.